The molecule has 44 heavy (non-hydrogen) atoms. The zero-order valence-electron chi connectivity index (χ0n) is 25.1. The molecule has 0 unspecified atom stereocenters. The molecule has 5 rings (SSSR count). The van der Waals surface area contributed by atoms with Gasteiger partial charge in [-0.25, -0.2) is 4.98 Å². The summed E-state index contributed by atoms with van der Waals surface area (Å²) in [7, 11) is 2.02. The number of nitrogens with zero attached hydrogens (tertiary/aromatic N) is 4. The van der Waals surface area contributed by atoms with Crippen molar-refractivity contribution in [2.45, 2.75) is 32.5 Å². The lowest BCUT2D eigenvalue weighted by atomic mass is 9.98. The summed E-state index contributed by atoms with van der Waals surface area (Å²) in [6.07, 6.45) is 3.97. The van der Waals surface area contributed by atoms with Gasteiger partial charge >= 0.3 is 0 Å². The molecule has 0 saturated heterocycles. The first kappa shape index (κ1) is 30.7. The highest BCUT2D eigenvalue weighted by Crippen LogP contribution is 2.35. The highest BCUT2D eigenvalue weighted by Gasteiger charge is 2.34. The number of para-hydroxylation sites is 2. The minimum Gasteiger partial charge on any atom is -0.486 e. The van der Waals surface area contributed by atoms with Crippen molar-refractivity contribution in [2.24, 2.45) is 5.92 Å². The summed E-state index contributed by atoms with van der Waals surface area (Å²) in [5, 5.41) is 12.8. The molecule has 2 N–H and O–H groups in total. The molecule has 1 aromatic heterocycles. The highest BCUT2D eigenvalue weighted by molar-refractivity contribution is 6.06. The first-order valence-corrected chi connectivity index (χ1v) is 14.6. The number of aliphatic hydroxyl groups is 1. The predicted octanol–water partition coefficient (Wildman–Crippen LogP) is 4.87. The number of likely N-dealkylation sites (N-methyl/N-ethyl adjacent to an activating group) is 1. The number of carbonyl (C=O) groups excluding carboxylic acids is 2. The monoisotopic (exact) mass is 595 g/mol. The van der Waals surface area contributed by atoms with Crippen molar-refractivity contribution in [3.63, 3.8) is 0 Å². The number of hydrogen-bond donors (Lipinski definition) is 2. The van der Waals surface area contributed by atoms with Gasteiger partial charge in [0.2, 0.25) is 0 Å². The van der Waals surface area contributed by atoms with Gasteiger partial charge in [-0.3, -0.25) is 19.5 Å². The Labute approximate surface area is 257 Å². The average Bonchev–Trinajstić information content (AvgIpc) is 3.04. The summed E-state index contributed by atoms with van der Waals surface area (Å²) in [4.78, 5) is 38.6. The molecule has 1 aliphatic heterocycles. The molecule has 10 heteroatoms. The molecule has 10 nitrogen and oxygen atoms in total. The van der Waals surface area contributed by atoms with Crippen LogP contribution in [-0.4, -0.2) is 75.6 Å². The van der Waals surface area contributed by atoms with Gasteiger partial charge in [-0.15, -0.1) is 0 Å². The number of ether oxygens (including phenoxy) is 2. The van der Waals surface area contributed by atoms with Crippen LogP contribution in [0.25, 0.3) is 0 Å². The fraction of sp³-hybridized carbons (Fsp3) is 0.294. The number of hydrogen-bond acceptors (Lipinski definition) is 8. The fourth-order valence-electron chi connectivity index (χ4n) is 5.13. The van der Waals surface area contributed by atoms with Gasteiger partial charge < -0.3 is 24.8 Å². The Kier molecular flexibility index (Phi) is 9.83. The van der Waals surface area contributed by atoms with Gasteiger partial charge in [-0.1, -0.05) is 43.3 Å². The van der Waals surface area contributed by atoms with E-state index >= 15 is 0 Å². The maximum absolute atomic E-state index is 13.7. The molecule has 2 heterocycles. The average molecular weight is 596 g/mol. The molecule has 2 amide bonds. The Morgan fingerprint density at radius 1 is 1.09 bits per heavy atom. The largest absolute Gasteiger partial charge is 0.486 e. The van der Waals surface area contributed by atoms with Crippen LogP contribution in [0.4, 0.5) is 5.69 Å². The zero-order chi connectivity index (χ0) is 31.1. The van der Waals surface area contributed by atoms with E-state index in [1.165, 1.54) is 18.6 Å². The van der Waals surface area contributed by atoms with Crippen LogP contribution in [0.3, 0.4) is 0 Å². The number of rotatable bonds is 10. The summed E-state index contributed by atoms with van der Waals surface area (Å²) >= 11 is 0. The van der Waals surface area contributed by atoms with E-state index in [4.69, 9.17) is 9.47 Å². The summed E-state index contributed by atoms with van der Waals surface area (Å²) in [6.45, 7) is 5.28. The number of carbonyl (C=O) groups is 2. The molecule has 0 spiro atoms. The van der Waals surface area contributed by atoms with Crippen LogP contribution in [0.5, 0.6) is 17.2 Å². The van der Waals surface area contributed by atoms with Crippen LogP contribution < -0.4 is 14.8 Å². The number of aromatic nitrogens is 2. The number of benzene rings is 3. The van der Waals surface area contributed by atoms with Crippen molar-refractivity contribution < 1.29 is 24.2 Å². The molecule has 0 saturated carbocycles. The van der Waals surface area contributed by atoms with Gasteiger partial charge in [-0.05, 0) is 55.9 Å². The first-order chi connectivity index (χ1) is 21.3. The van der Waals surface area contributed by atoms with E-state index in [2.05, 4.69) is 20.2 Å². The lowest BCUT2D eigenvalue weighted by Gasteiger charge is -2.38. The van der Waals surface area contributed by atoms with E-state index in [9.17, 15) is 14.7 Å². The second-order valence-corrected chi connectivity index (χ2v) is 11.1. The van der Waals surface area contributed by atoms with E-state index in [1.54, 1.807) is 23.1 Å². The Balaban J connectivity index is 1.36. The second kappa shape index (κ2) is 14.1. The molecule has 3 atom stereocenters. The van der Waals surface area contributed by atoms with Crippen molar-refractivity contribution in [3.8, 4) is 17.2 Å². The van der Waals surface area contributed by atoms with Crippen LogP contribution in [0.15, 0.2) is 91.4 Å². The molecule has 0 aliphatic carbocycles. The van der Waals surface area contributed by atoms with Crippen LogP contribution in [0, 0.1) is 5.92 Å². The summed E-state index contributed by atoms with van der Waals surface area (Å²) in [5.74, 6) is 1.00. The molecule has 0 fully saturated rings. The number of aliphatic hydroxyl groups excluding tert-OH is 1. The first-order valence-electron chi connectivity index (χ1n) is 14.6. The molecule has 0 radical (unpaired) electrons. The van der Waals surface area contributed by atoms with E-state index in [-0.39, 0.29) is 36.0 Å². The molecule has 3 aromatic carbocycles. The maximum Gasteiger partial charge on any atom is 0.275 e. The van der Waals surface area contributed by atoms with Crippen LogP contribution in [0.1, 0.15) is 40.3 Å². The van der Waals surface area contributed by atoms with Crippen molar-refractivity contribution in [1.29, 1.82) is 0 Å². The van der Waals surface area contributed by atoms with E-state index in [0.29, 0.717) is 30.9 Å². The highest BCUT2D eigenvalue weighted by atomic mass is 16.5. The third-order valence-electron chi connectivity index (χ3n) is 7.58. The quantitative estimate of drug-likeness (QED) is 0.267. The number of nitrogens with one attached hydrogen (secondary N) is 1. The van der Waals surface area contributed by atoms with Crippen LogP contribution in [-0.2, 0) is 6.54 Å². The number of anilines is 1. The molecule has 1 aliphatic rings. The van der Waals surface area contributed by atoms with Gasteiger partial charge in [0.25, 0.3) is 11.8 Å². The Morgan fingerprint density at radius 2 is 1.84 bits per heavy atom. The van der Waals surface area contributed by atoms with Crippen molar-refractivity contribution in [3.05, 3.63) is 108 Å². The zero-order valence-corrected chi connectivity index (χ0v) is 25.1. The summed E-state index contributed by atoms with van der Waals surface area (Å²) < 4.78 is 12.5. The Bertz CT molecular complexity index is 1550. The van der Waals surface area contributed by atoms with Gasteiger partial charge in [0, 0.05) is 37.9 Å². The SMILES string of the molecule is C[C@@H]1CN([C@H](C)CO)C(=O)c2cccc(NC(=O)c3cnccn3)c2O[C@H]1CN(C)Cc1ccc(Oc2ccccc2)cc1. The van der Waals surface area contributed by atoms with Gasteiger partial charge in [0.05, 0.1) is 30.1 Å². The van der Waals surface area contributed by atoms with Crippen LogP contribution >= 0.6 is 0 Å². The fourth-order valence-corrected chi connectivity index (χ4v) is 5.13. The minimum atomic E-state index is -0.466. The van der Waals surface area contributed by atoms with Gasteiger partial charge in [0.1, 0.15) is 23.3 Å². The number of amides is 2. The van der Waals surface area contributed by atoms with Crippen molar-refractivity contribution >= 4 is 17.5 Å². The molecule has 0 bridgehead atoms. The van der Waals surface area contributed by atoms with Gasteiger partial charge in [0.15, 0.2) is 5.75 Å². The van der Waals surface area contributed by atoms with Crippen molar-refractivity contribution in [1.82, 2.24) is 19.8 Å². The molecule has 228 valence electrons. The van der Waals surface area contributed by atoms with Crippen LogP contribution in [0.2, 0.25) is 0 Å². The van der Waals surface area contributed by atoms with Crippen molar-refractivity contribution in [2.75, 3.05) is 32.1 Å². The van der Waals surface area contributed by atoms with Gasteiger partial charge in [-0.2, -0.15) is 0 Å². The molecular weight excluding hydrogens is 558 g/mol. The topological polar surface area (TPSA) is 117 Å². The standard InChI is InChI=1S/C34H37N5O5/c1-23-19-39(24(2)22-40)34(42)28-10-7-11-29(37-33(41)30-18-35-16-17-36-30)32(28)44-31(23)21-38(3)20-25-12-14-27(15-13-25)43-26-8-5-4-6-9-26/h4-18,23-24,31,40H,19-22H2,1-3H3,(H,37,41)/t23-,24-,31+/m1/s1. The lowest BCUT2D eigenvalue weighted by Crippen LogP contribution is -2.49. The second-order valence-electron chi connectivity index (χ2n) is 11.1. The summed E-state index contributed by atoms with van der Waals surface area (Å²) in [5.41, 5.74) is 1.92. The summed E-state index contributed by atoms with van der Waals surface area (Å²) in [6, 6.07) is 22.3. The third kappa shape index (κ3) is 7.39. The Morgan fingerprint density at radius 3 is 2.55 bits per heavy atom. The third-order valence-corrected chi connectivity index (χ3v) is 7.58. The maximum atomic E-state index is 13.7. The van der Waals surface area contributed by atoms with E-state index in [1.807, 2.05) is 75.5 Å². The lowest BCUT2D eigenvalue weighted by molar-refractivity contribution is 0.0343. The molecule has 4 aromatic rings. The Hall–Kier alpha value is -4.80. The normalized spacial score (nSPS) is 17.2. The smallest absolute Gasteiger partial charge is 0.275 e. The number of fused-ring (bicyclic) bond motifs is 1. The molecular formula is C34H37N5O5. The van der Waals surface area contributed by atoms with E-state index < -0.39 is 11.9 Å². The predicted molar refractivity (Wildman–Crippen MR) is 167 cm³/mol. The minimum absolute atomic E-state index is 0.0889. The van der Waals surface area contributed by atoms with E-state index in [0.717, 1.165) is 17.1 Å².